The zero-order valence-corrected chi connectivity index (χ0v) is 11.7. The summed E-state index contributed by atoms with van der Waals surface area (Å²) in [5.41, 5.74) is 9.20. The Bertz CT molecular complexity index is 498. The van der Waals surface area contributed by atoms with Crippen LogP contribution in [-0.2, 0) is 11.2 Å². The van der Waals surface area contributed by atoms with E-state index in [0.29, 0.717) is 6.42 Å². The third-order valence-electron chi connectivity index (χ3n) is 3.29. The van der Waals surface area contributed by atoms with Crippen LogP contribution in [0, 0.1) is 0 Å². The predicted molar refractivity (Wildman–Crippen MR) is 79.9 cm³/mol. The van der Waals surface area contributed by atoms with Gasteiger partial charge in [0.1, 0.15) is 0 Å². The largest absolute Gasteiger partial charge is 0.326 e. The number of amides is 1. The Morgan fingerprint density at radius 3 is 2.89 bits per heavy atom. The summed E-state index contributed by atoms with van der Waals surface area (Å²) in [6, 6.07) is 6.17. The lowest BCUT2D eigenvalue weighted by molar-refractivity contribution is -0.116. The molecule has 1 aliphatic rings. The highest BCUT2D eigenvalue weighted by atomic mass is 16.1. The second kappa shape index (κ2) is 5.57. The summed E-state index contributed by atoms with van der Waals surface area (Å²) in [4.78, 5) is 11.3. The number of nitrogens with two attached hydrogens (primary N) is 1. The Kier molecular flexibility index (Phi) is 4.05. The van der Waals surface area contributed by atoms with Gasteiger partial charge in [-0.15, -0.1) is 0 Å². The number of benzene rings is 1. The summed E-state index contributed by atoms with van der Waals surface area (Å²) < 4.78 is 0. The standard InChI is InChI=1S/C16H22N2O/c1-16(2,17)10-4-3-5-12-6-8-14-13(11-12)7-9-15(19)18-14/h3,5-6,8,11H,4,7,9-10,17H2,1-2H3,(H,18,19)/b5-3+. The van der Waals surface area contributed by atoms with Gasteiger partial charge in [-0.3, -0.25) is 4.79 Å². The lowest BCUT2D eigenvalue weighted by atomic mass is 9.98. The first-order chi connectivity index (χ1) is 8.94. The maximum atomic E-state index is 11.3. The van der Waals surface area contributed by atoms with Crippen molar-refractivity contribution in [1.82, 2.24) is 0 Å². The van der Waals surface area contributed by atoms with Crippen molar-refractivity contribution in [2.45, 2.75) is 45.1 Å². The first kappa shape index (κ1) is 13.8. The van der Waals surface area contributed by atoms with Crippen molar-refractivity contribution >= 4 is 17.7 Å². The molecule has 0 aromatic heterocycles. The zero-order chi connectivity index (χ0) is 13.9. The van der Waals surface area contributed by atoms with E-state index in [1.54, 1.807) is 0 Å². The van der Waals surface area contributed by atoms with E-state index in [0.717, 1.165) is 24.9 Å². The number of allylic oxidation sites excluding steroid dienone is 1. The molecule has 1 heterocycles. The molecule has 1 aromatic rings. The first-order valence-corrected chi connectivity index (χ1v) is 6.82. The van der Waals surface area contributed by atoms with Gasteiger partial charge in [0.15, 0.2) is 0 Å². The number of carbonyl (C=O) groups excluding carboxylic acids is 1. The molecule has 102 valence electrons. The normalized spacial score (nSPS) is 15.4. The van der Waals surface area contributed by atoms with Crippen LogP contribution >= 0.6 is 0 Å². The molecule has 0 radical (unpaired) electrons. The van der Waals surface area contributed by atoms with Crippen LogP contribution in [-0.4, -0.2) is 11.4 Å². The summed E-state index contributed by atoms with van der Waals surface area (Å²) in [6.07, 6.45) is 7.67. The number of fused-ring (bicyclic) bond motifs is 1. The molecule has 3 N–H and O–H groups in total. The fourth-order valence-electron chi connectivity index (χ4n) is 2.18. The third kappa shape index (κ3) is 4.21. The molecule has 1 aromatic carbocycles. The molecule has 0 bridgehead atoms. The van der Waals surface area contributed by atoms with Crippen molar-refractivity contribution in [3.63, 3.8) is 0 Å². The molecule has 1 amide bonds. The summed E-state index contributed by atoms with van der Waals surface area (Å²) in [7, 11) is 0. The number of aryl methyl sites for hydroxylation is 1. The van der Waals surface area contributed by atoms with E-state index in [4.69, 9.17) is 5.73 Å². The third-order valence-corrected chi connectivity index (χ3v) is 3.29. The number of hydrogen-bond donors (Lipinski definition) is 2. The average molecular weight is 258 g/mol. The summed E-state index contributed by atoms with van der Waals surface area (Å²) in [5.74, 6) is 0.112. The molecular formula is C16H22N2O. The molecular weight excluding hydrogens is 236 g/mol. The van der Waals surface area contributed by atoms with Gasteiger partial charge in [-0.1, -0.05) is 18.2 Å². The Morgan fingerprint density at radius 2 is 2.16 bits per heavy atom. The minimum atomic E-state index is -0.107. The Labute approximate surface area is 114 Å². The number of nitrogens with one attached hydrogen (secondary N) is 1. The van der Waals surface area contributed by atoms with Crippen molar-refractivity contribution in [3.05, 3.63) is 35.4 Å². The number of carbonyl (C=O) groups is 1. The van der Waals surface area contributed by atoms with E-state index in [1.165, 1.54) is 11.1 Å². The number of rotatable bonds is 4. The Morgan fingerprint density at radius 1 is 1.37 bits per heavy atom. The maximum Gasteiger partial charge on any atom is 0.224 e. The van der Waals surface area contributed by atoms with Gasteiger partial charge in [0.25, 0.3) is 0 Å². The van der Waals surface area contributed by atoms with Crippen LogP contribution in [0.25, 0.3) is 6.08 Å². The van der Waals surface area contributed by atoms with E-state index in [9.17, 15) is 4.79 Å². The van der Waals surface area contributed by atoms with Crippen molar-refractivity contribution in [1.29, 1.82) is 0 Å². The molecule has 0 spiro atoms. The van der Waals surface area contributed by atoms with Gasteiger partial charge < -0.3 is 11.1 Å². The van der Waals surface area contributed by atoms with Gasteiger partial charge in [-0.05, 0) is 56.4 Å². The van der Waals surface area contributed by atoms with Gasteiger partial charge in [0.05, 0.1) is 0 Å². The Hall–Kier alpha value is -1.61. The minimum Gasteiger partial charge on any atom is -0.326 e. The zero-order valence-electron chi connectivity index (χ0n) is 11.7. The fraction of sp³-hybridized carbons (Fsp3) is 0.438. The molecule has 1 aliphatic heterocycles. The van der Waals surface area contributed by atoms with Crippen molar-refractivity contribution in [2.75, 3.05) is 5.32 Å². The fourth-order valence-corrected chi connectivity index (χ4v) is 2.18. The van der Waals surface area contributed by atoms with Crippen LogP contribution in [0.4, 0.5) is 5.69 Å². The van der Waals surface area contributed by atoms with Gasteiger partial charge >= 0.3 is 0 Å². The van der Waals surface area contributed by atoms with Crippen LogP contribution < -0.4 is 11.1 Å². The van der Waals surface area contributed by atoms with E-state index in [1.807, 2.05) is 26.0 Å². The maximum absolute atomic E-state index is 11.3. The van der Waals surface area contributed by atoms with Gasteiger partial charge in [-0.25, -0.2) is 0 Å². The van der Waals surface area contributed by atoms with Crippen molar-refractivity contribution in [2.24, 2.45) is 5.73 Å². The van der Waals surface area contributed by atoms with Crippen LogP contribution in [0.1, 0.15) is 44.2 Å². The van der Waals surface area contributed by atoms with Crippen LogP contribution in [0.3, 0.4) is 0 Å². The summed E-state index contributed by atoms with van der Waals surface area (Å²) >= 11 is 0. The molecule has 0 saturated carbocycles. The first-order valence-electron chi connectivity index (χ1n) is 6.82. The molecule has 0 atom stereocenters. The quantitative estimate of drug-likeness (QED) is 0.872. The van der Waals surface area contributed by atoms with Crippen molar-refractivity contribution < 1.29 is 4.79 Å². The lowest BCUT2D eigenvalue weighted by Crippen LogP contribution is -2.31. The molecule has 2 rings (SSSR count). The van der Waals surface area contributed by atoms with Gasteiger partial charge in [0, 0.05) is 17.6 Å². The monoisotopic (exact) mass is 258 g/mol. The van der Waals surface area contributed by atoms with Crippen molar-refractivity contribution in [3.8, 4) is 0 Å². The predicted octanol–water partition coefficient (Wildman–Crippen LogP) is 3.10. The highest BCUT2D eigenvalue weighted by molar-refractivity contribution is 5.94. The highest BCUT2D eigenvalue weighted by Crippen LogP contribution is 2.24. The second-order valence-electron chi connectivity index (χ2n) is 5.89. The smallest absolute Gasteiger partial charge is 0.224 e. The molecule has 3 heteroatoms. The Balaban J connectivity index is 1.99. The van der Waals surface area contributed by atoms with E-state index in [2.05, 4.69) is 23.5 Å². The summed E-state index contributed by atoms with van der Waals surface area (Å²) in [6.45, 7) is 4.09. The topological polar surface area (TPSA) is 55.1 Å². The molecule has 19 heavy (non-hydrogen) atoms. The minimum absolute atomic E-state index is 0.107. The SMILES string of the molecule is CC(C)(N)CC/C=C/c1ccc2c(c1)CCC(=O)N2. The molecule has 0 fully saturated rings. The van der Waals surface area contributed by atoms with Crippen LogP contribution in [0.2, 0.25) is 0 Å². The average Bonchev–Trinajstić information content (AvgIpc) is 2.33. The molecule has 3 nitrogen and oxygen atoms in total. The highest BCUT2D eigenvalue weighted by Gasteiger charge is 2.14. The van der Waals surface area contributed by atoms with Gasteiger partial charge in [0.2, 0.25) is 5.91 Å². The van der Waals surface area contributed by atoms with Gasteiger partial charge in [-0.2, -0.15) is 0 Å². The number of anilines is 1. The van der Waals surface area contributed by atoms with Crippen LogP contribution in [0.15, 0.2) is 24.3 Å². The second-order valence-corrected chi connectivity index (χ2v) is 5.89. The van der Waals surface area contributed by atoms with Crippen LogP contribution in [0.5, 0.6) is 0 Å². The van der Waals surface area contributed by atoms with E-state index < -0.39 is 0 Å². The van der Waals surface area contributed by atoms with E-state index in [-0.39, 0.29) is 11.4 Å². The van der Waals surface area contributed by atoms with E-state index >= 15 is 0 Å². The number of hydrogen-bond acceptors (Lipinski definition) is 2. The molecule has 0 saturated heterocycles. The molecule has 0 aliphatic carbocycles. The molecule has 0 unspecified atom stereocenters. The lowest BCUT2D eigenvalue weighted by Gasteiger charge is -2.17. The summed E-state index contributed by atoms with van der Waals surface area (Å²) in [5, 5.41) is 2.89.